The lowest BCUT2D eigenvalue weighted by molar-refractivity contribution is -0.159. The average Bonchev–Trinajstić information content (AvgIpc) is 2.73. The van der Waals surface area contributed by atoms with Crippen LogP contribution in [-0.2, 0) is 20.9 Å². The molecule has 34 heavy (non-hydrogen) atoms. The first kappa shape index (κ1) is 28.9. The lowest BCUT2D eigenvalue weighted by atomic mass is 10.1. The van der Waals surface area contributed by atoms with Crippen LogP contribution < -0.4 is 14.8 Å². The van der Waals surface area contributed by atoms with E-state index in [2.05, 4.69) is 10.1 Å². The first-order chi connectivity index (χ1) is 15.8. The van der Waals surface area contributed by atoms with Crippen molar-refractivity contribution in [3.8, 4) is 11.5 Å². The van der Waals surface area contributed by atoms with Crippen LogP contribution in [0.25, 0.3) is 0 Å². The van der Waals surface area contributed by atoms with E-state index in [1.54, 1.807) is 49.2 Å². The Labute approximate surface area is 203 Å². The molecule has 0 aliphatic rings. The van der Waals surface area contributed by atoms with Crippen LogP contribution in [0, 0.1) is 0 Å². The minimum atomic E-state index is -2.94. The zero-order chi connectivity index (χ0) is 26.0. The molecular weight excluding hydrogens is 501 g/mol. The SMILES string of the molecule is COc1cc(CN(C)C(C)C(=O)Nc2cc(Cl)cc(Cl)c2)ccc1OC(F)F.O=C(O)C(=O)O. The van der Waals surface area contributed by atoms with Crippen molar-refractivity contribution in [2.75, 3.05) is 19.5 Å². The Balaban J connectivity index is 0.000000852. The molecule has 2 aromatic rings. The molecule has 1 amide bonds. The number of aliphatic carboxylic acids is 2. The number of rotatable bonds is 8. The van der Waals surface area contributed by atoms with Gasteiger partial charge in [0.2, 0.25) is 5.91 Å². The van der Waals surface area contributed by atoms with Gasteiger partial charge >= 0.3 is 18.6 Å². The lowest BCUT2D eigenvalue weighted by Gasteiger charge is -2.24. The molecule has 3 N–H and O–H groups in total. The second-order valence-electron chi connectivity index (χ2n) is 6.71. The second-order valence-corrected chi connectivity index (χ2v) is 7.59. The molecule has 0 spiro atoms. The van der Waals surface area contributed by atoms with Crippen molar-refractivity contribution >= 4 is 46.7 Å². The van der Waals surface area contributed by atoms with E-state index in [1.807, 2.05) is 0 Å². The van der Waals surface area contributed by atoms with E-state index in [4.69, 9.17) is 47.7 Å². The van der Waals surface area contributed by atoms with Gasteiger partial charge in [-0.2, -0.15) is 8.78 Å². The minimum absolute atomic E-state index is 0.0486. The van der Waals surface area contributed by atoms with Gasteiger partial charge in [0.15, 0.2) is 11.5 Å². The van der Waals surface area contributed by atoms with Crippen molar-refractivity contribution in [2.45, 2.75) is 26.1 Å². The number of methoxy groups -OCH3 is 1. The van der Waals surface area contributed by atoms with Crippen molar-refractivity contribution in [1.82, 2.24) is 4.90 Å². The van der Waals surface area contributed by atoms with Crippen LogP contribution in [0.5, 0.6) is 11.5 Å². The maximum atomic E-state index is 12.5. The zero-order valence-corrected chi connectivity index (χ0v) is 19.7. The fourth-order valence-corrected chi connectivity index (χ4v) is 3.03. The molecule has 0 bridgehead atoms. The summed E-state index contributed by atoms with van der Waals surface area (Å²) < 4.78 is 34.4. The number of nitrogens with one attached hydrogen (secondary N) is 1. The molecule has 0 fully saturated rings. The van der Waals surface area contributed by atoms with E-state index in [9.17, 15) is 13.6 Å². The third-order valence-corrected chi connectivity index (χ3v) is 4.67. The Bertz CT molecular complexity index is 992. The predicted molar refractivity (Wildman–Crippen MR) is 121 cm³/mol. The number of carboxylic acids is 2. The van der Waals surface area contributed by atoms with Crippen molar-refractivity contribution < 1.29 is 42.9 Å². The summed E-state index contributed by atoms with van der Waals surface area (Å²) in [6, 6.07) is 8.93. The lowest BCUT2D eigenvalue weighted by Crippen LogP contribution is -2.39. The highest BCUT2D eigenvalue weighted by Crippen LogP contribution is 2.30. The largest absolute Gasteiger partial charge is 0.493 e. The third-order valence-electron chi connectivity index (χ3n) is 4.23. The molecule has 0 aliphatic heterocycles. The highest BCUT2D eigenvalue weighted by atomic mass is 35.5. The van der Waals surface area contributed by atoms with Crippen molar-refractivity contribution in [2.24, 2.45) is 0 Å². The van der Waals surface area contributed by atoms with E-state index in [0.717, 1.165) is 5.56 Å². The van der Waals surface area contributed by atoms with Crippen molar-refractivity contribution in [3.63, 3.8) is 0 Å². The first-order valence-corrected chi connectivity index (χ1v) is 10.1. The molecule has 2 aromatic carbocycles. The number of alkyl halides is 2. The Morgan fingerprint density at radius 2 is 1.59 bits per heavy atom. The Morgan fingerprint density at radius 3 is 2.06 bits per heavy atom. The van der Waals surface area contributed by atoms with Gasteiger partial charge in [0, 0.05) is 22.3 Å². The minimum Gasteiger partial charge on any atom is -0.493 e. The quantitative estimate of drug-likeness (QED) is 0.440. The number of amides is 1. The summed E-state index contributed by atoms with van der Waals surface area (Å²) >= 11 is 11.9. The van der Waals surface area contributed by atoms with Gasteiger partial charge in [-0.25, -0.2) is 9.59 Å². The van der Waals surface area contributed by atoms with E-state index in [-0.39, 0.29) is 17.4 Å². The molecule has 1 atom stereocenters. The topological polar surface area (TPSA) is 125 Å². The van der Waals surface area contributed by atoms with Gasteiger partial charge in [-0.3, -0.25) is 9.69 Å². The number of carboxylic acid groups (broad SMARTS) is 2. The Hall–Kier alpha value is -3.15. The van der Waals surface area contributed by atoms with Crippen molar-refractivity contribution in [3.05, 3.63) is 52.0 Å². The summed E-state index contributed by atoms with van der Waals surface area (Å²) in [7, 11) is 3.14. The summed E-state index contributed by atoms with van der Waals surface area (Å²) in [4.78, 5) is 32.5. The van der Waals surface area contributed by atoms with Gasteiger partial charge in [-0.1, -0.05) is 29.3 Å². The van der Waals surface area contributed by atoms with Crippen LogP contribution >= 0.6 is 23.2 Å². The van der Waals surface area contributed by atoms with Crippen LogP contribution in [0.1, 0.15) is 12.5 Å². The number of anilines is 1. The molecule has 2 rings (SSSR count). The van der Waals surface area contributed by atoms with Crippen LogP contribution in [0.4, 0.5) is 14.5 Å². The van der Waals surface area contributed by atoms with Gasteiger partial charge in [-0.05, 0) is 49.9 Å². The Kier molecular flexibility index (Phi) is 11.5. The second kappa shape index (κ2) is 13.5. The van der Waals surface area contributed by atoms with Gasteiger partial charge in [0.25, 0.3) is 0 Å². The Morgan fingerprint density at radius 1 is 1.03 bits per heavy atom. The summed E-state index contributed by atoms with van der Waals surface area (Å²) in [5.41, 5.74) is 1.27. The molecule has 0 radical (unpaired) electrons. The summed E-state index contributed by atoms with van der Waals surface area (Å²) in [5.74, 6) is -3.75. The van der Waals surface area contributed by atoms with E-state index in [1.165, 1.54) is 13.2 Å². The number of benzene rings is 2. The van der Waals surface area contributed by atoms with Gasteiger partial charge in [0.05, 0.1) is 13.2 Å². The fourth-order valence-electron chi connectivity index (χ4n) is 2.50. The van der Waals surface area contributed by atoms with E-state index < -0.39 is 24.6 Å². The summed E-state index contributed by atoms with van der Waals surface area (Å²) in [5, 5.41) is 18.4. The standard InChI is InChI=1S/C19H20Cl2F2N2O3.C2H2O4/c1-11(18(26)24-15-8-13(20)7-14(21)9-15)25(2)10-12-4-5-16(28-19(22)23)17(6-12)27-3;3-1(4)2(5)6/h4-9,11,19H,10H2,1-3H3,(H,24,26);(H,3,4)(H,5,6). The number of likely N-dealkylation sites (N-methyl/N-ethyl adjacent to an activating group) is 1. The number of halogens is 4. The normalized spacial score (nSPS) is 11.3. The summed E-state index contributed by atoms with van der Waals surface area (Å²) in [6.45, 7) is -0.811. The van der Waals surface area contributed by atoms with Crippen LogP contribution in [0.15, 0.2) is 36.4 Å². The van der Waals surface area contributed by atoms with Crippen LogP contribution in [0.3, 0.4) is 0 Å². The fraction of sp³-hybridized carbons (Fsp3) is 0.286. The number of nitrogens with zero attached hydrogens (tertiary/aromatic N) is 1. The molecule has 0 heterocycles. The molecule has 0 saturated heterocycles. The van der Waals surface area contributed by atoms with Crippen molar-refractivity contribution in [1.29, 1.82) is 0 Å². The number of carbonyl (C=O) groups excluding carboxylic acids is 1. The molecule has 13 heteroatoms. The highest BCUT2D eigenvalue weighted by molar-refractivity contribution is 6.35. The van der Waals surface area contributed by atoms with Crippen LogP contribution in [0.2, 0.25) is 10.0 Å². The first-order valence-electron chi connectivity index (χ1n) is 9.39. The number of hydrogen-bond donors (Lipinski definition) is 3. The molecule has 0 saturated carbocycles. The van der Waals surface area contributed by atoms with E-state index in [0.29, 0.717) is 22.3 Å². The zero-order valence-electron chi connectivity index (χ0n) is 18.2. The van der Waals surface area contributed by atoms with Crippen LogP contribution in [-0.4, -0.2) is 59.8 Å². The van der Waals surface area contributed by atoms with Gasteiger partial charge < -0.3 is 25.0 Å². The maximum absolute atomic E-state index is 12.5. The number of hydrogen-bond acceptors (Lipinski definition) is 6. The molecular formula is C21H22Cl2F2N2O7. The highest BCUT2D eigenvalue weighted by Gasteiger charge is 2.20. The van der Waals surface area contributed by atoms with Gasteiger partial charge in [-0.15, -0.1) is 0 Å². The molecule has 186 valence electrons. The van der Waals surface area contributed by atoms with E-state index >= 15 is 0 Å². The molecule has 9 nitrogen and oxygen atoms in total. The summed E-state index contributed by atoms with van der Waals surface area (Å²) in [6.07, 6.45) is 0. The van der Waals surface area contributed by atoms with Gasteiger partial charge in [0.1, 0.15) is 0 Å². The average molecular weight is 523 g/mol. The number of carbonyl (C=O) groups is 3. The molecule has 1 unspecified atom stereocenters. The third kappa shape index (κ3) is 9.77. The predicted octanol–water partition coefficient (Wildman–Crippen LogP) is 4.22. The molecule has 0 aliphatic carbocycles. The maximum Gasteiger partial charge on any atom is 0.414 e. The molecule has 0 aromatic heterocycles. The number of ether oxygens (including phenoxy) is 2. The smallest absolute Gasteiger partial charge is 0.414 e. The monoisotopic (exact) mass is 522 g/mol.